The molecule has 1 aliphatic heterocycles. The minimum atomic E-state index is -0.697. The van der Waals surface area contributed by atoms with Crippen molar-refractivity contribution < 1.29 is 9.90 Å². The number of carboxylic acid groups (broad SMARTS) is 1. The van der Waals surface area contributed by atoms with Crippen molar-refractivity contribution in [2.45, 2.75) is 12.8 Å². The maximum absolute atomic E-state index is 10.6. The van der Waals surface area contributed by atoms with Gasteiger partial charge in [0.2, 0.25) is 0 Å². The van der Waals surface area contributed by atoms with Crippen LogP contribution in [0.25, 0.3) is 0 Å². The first-order chi connectivity index (χ1) is 5.74. The van der Waals surface area contributed by atoms with Gasteiger partial charge in [0.1, 0.15) is 0 Å². The number of carbonyl (C=O) groups is 1. The molecule has 0 aliphatic carbocycles. The van der Waals surface area contributed by atoms with Crippen molar-refractivity contribution in [1.29, 1.82) is 0 Å². The Hall–Kier alpha value is -1.01. The average molecular weight is 167 g/mol. The lowest BCUT2D eigenvalue weighted by molar-refractivity contribution is -0.143. The molecule has 0 radical (unpaired) electrons. The molecule has 0 saturated carbocycles. The topological polar surface area (TPSA) is 40.5 Å². The summed E-state index contributed by atoms with van der Waals surface area (Å²) in [4.78, 5) is 12.6. The second-order valence-electron chi connectivity index (χ2n) is 3.12. The highest BCUT2D eigenvalue weighted by atomic mass is 16.4. The maximum atomic E-state index is 10.6. The number of nitrogens with zero attached hydrogens (tertiary/aromatic N) is 1. The van der Waals surface area contributed by atoms with E-state index < -0.39 is 5.97 Å². The number of rotatable bonds is 2. The number of likely N-dealkylation sites (tertiary alicyclic amines) is 1. The summed E-state index contributed by atoms with van der Waals surface area (Å²) in [5.41, 5.74) is 0. The van der Waals surface area contributed by atoms with Gasteiger partial charge in [-0.05, 0) is 19.4 Å². The molecule has 1 atom stereocenters. The van der Waals surface area contributed by atoms with Gasteiger partial charge in [-0.15, -0.1) is 6.42 Å². The van der Waals surface area contributed by atoms with Crippen LogP contribution in [0.2, 0.25) is 0 Å². The normalized spacial score (nSPS) is 24.8. The molecule has 12 heavy (non-hydrogen) atoms. The zero-order valence-electron chi connectivity index (χ0n) is 6.99. The van der Waals surface area contributed by atoms with Crippen molar-refractivity contribution in [3.05, 3.63) is 0 Å². The van der Waals surface area contributed by atoms with Crippen molar-refractivity contribution in [2.75, 3.05) is 19.6 Å². The largest absolute Gasteiger partial charge is 0.481 e. The Bertz CT molecular complexity index is 207. The SMILES string of the molecule is C#CCN1CCC[C@H](C(=O)O)C1. The molecule has 1 rings (SSSR count). The van der Waals surface area contributed by atoms with E-state index in [2.05, 4.69) is 5.92 Å². The molecule has 0 bridgehead atoms. The smallest absolute Gasteiger partial charge is 0.307 e. The van der Waals surface area contributed by atoms with E-state index in [-0.39, 0.29) is 5.92 Å². The van der Waals surface area contributed by atoms with Crippen molar-refractivity contribution in [3.63, 3.8) is 0 Å². The fourth-order valence-corrected chi connectivity index (χ4v) is 1.53. The van der Waals surface area contributed by atoms with Crippen LogP contribution in [0.1, 0.15) is 12.8 Å². The van der Waals surface area contributed by atoms with Gasteiger partial charge in [0, 0.05) is 6.54 Å². The van der Waals surface area contributed by atoms with Gasteiger partial charge in [-0.2, -0.15) is 0 Å². The van der Waals surface area contributed by atoms with Crippen LogP contribution in [0.4, 0.5) is 0 Å². The number of terminal acetylenes is 1. The third kappa shape index (κ3) is 2.24. The van der Waals surface area contributed by atoms with Gasteiger partial charge in [0.25, 0.3) is 0 Å². The van der Waals surface area contributed by atoms with E-state index in [0.29, 0.717) is 13.1 Å². The predicted molar refractivity (Wildman–Crippen MR) is 45.6 cm³/mol. The maximum Gasteiger partial charge on any atom is 0.307 e. The summed E-state index contributed by atoms with van der Waals surface area (Å²) in [5.74, 6) is 1.62. The molecular weight excluding hydrogens is 154 g/mol. The van der Waals surface area contributed by atoms with Crippen molar-refractivity contribution in [1.82, 2.24) is 4.90 Å². The van der Waals surface area contributed by atoms with Crippen molar-refractivity contribution in [3.8, 4) is 12.3 Å². The van der Waals surface area contributed by atoms with Crippen LogP contribution < -0.4 is 0 Å². The van der Waals surface area contributed by atoms with Crippen molar-refractivity contribution >= 4 is 5.97 Å². The number of piperidine rings is 1. The Balaban J connectivity index is 2.41. The highest BCUT2D eigenvalue weighted by Crippen LogP contribution is 2.15. The Morgan fingerprint density at radius 3 is 3.08 bits per heavy atom. The fourth-order valence-electron chi connectivity index (χ4n) is 1.53. The number of aliphatic carboxylic acids is 1. The molecule has 1 N–H and O–H groups in total. The molecule has 0 aromatic carbocycles. The van der Waals surface area contributed by atoms with Gasteiger partial charge >= 0.3 is 5.97 Å². The van der Waals surface area contributed by atoms with Gasteiger partial charge in [0.15, 0.2) is 0 Å². The van der Waals surface area contributed by atoms with E-state index >= 15 is 0 Å². The van der Waals surface area contributed by atoms with E-state index in [4.69, 9.17) is 11.5 Å². The molecule has 0 aromatic heterocycles. The summed E-state index contributed by atoms with van der Waals surface area (Å²) in [7, 11) is 0. The quantitative estimate of drug-likeness (QED) is 0.606. The Kier molecular flexibility index (Phi) is 3.12. The summed E-state index contributed by atoms with van der Waals surface area (Å²) in [6.07, 6.45) is 6.87. The molecule has 1 saturated heterocycles. The van der Waals surface area contributed by atoms with Gasteiger partial charge in [-0.1, -0.05) is 5.92 Å². The van der Waals surface area contributed by atoms with Gasteiger partial charge in [-0.25, -0.2) is 0 Å². The van der Waals surface area contributed by atoms with Crippen LogP contribution >= 0.6 is 0 Å². The van der Waals surface area contributed by atoms with Gasteiger partial charge in [-0.3, -0.25) is 9.69 Å². The second-order valence-corrected chi connectivity index (χ2v) is 3.12. The minimum Gasteiger partial charge on any atom is -0.481 e. The molecule has 3 nitrogen and oxygen atoms in total. The number of hydrogen-bond acceptors (Lipinski definition) is 2. The molecule has 66 valence electrons. The van der Waals surface area contributed by atoms with E-state index in [1.807, 2.05) is 4.90 Å². The zero-order chi connectivity index (χ0) is 8.97. The van der Waals surface area contributed by atoms with Gasteiger partial charge < -0.3 is 5.11 Å². The first-order valence-corrected chi connectivity index (χ1v) is 4.12. The van der Waals surface area contributed by atoms with Crippen LogP contribution in [-0.4, -0.2) is 35.6 Å². The summed E-state index contributed by atoms with van der Waals surface area (Å²) in [6.45, 7) is 2.12. The Morgan fingerprint density at radius 2 is 2.50 bits per heavy atom. The summed E-state index contributed by atoms with van der Waals surface area (Å²) >= 11 is 0. The number of carboxylic acids is 1. The van der Waals surface area contributed by atoms with Crippen LogP contribution in [0.5, 0.6) is 0 Å². The lowest BCUT2D eigenvalue weighted by Gasteiger charge is -2.28. The molecule has 0 aromatic rings. The van der Waals surface area contributed by atoms with Crippen LogP contribution in [0, 0.1) is 18.3 Å². The molecular formula is C9H13NO2. The van der Waals surface area contributed by atoms with Gasteiger partial charge in [0.05, 0.1) is 12.5 Å². The minimum absolute atomic E-state index is 0.216. The Labute approximate surface area is 72.4 Å². The first kappa shape index (κ1) is 9.08. The lowest BCUT2D eigenvalue weighted by Crippen LogP contribution is -2.38. The number of hydrogen-bond donors (Lipinski definition) is 1. The highest BCUT2D eigenvalue weighted by Gasteiger charge is 2.24. The predicted octanol–water partition coefficient (Wildman–Crippen LogP) is 0.416. The molecule has 1 fully saturated rings. The highest BCUT2D eigenvalue weighted by molar-refractivity contribution is 5.70. The summed E-state index contributed by atoms with van der Waals surface area (Å²) in [5, 5.41) is 8.75. The zero-order valence-corrected chi connectivity index (χ0v) is 6.99. The lowest BCUT2D eigenvalue weighted by atomic mass is 9.98. The third-order valence-corrected chi connectivity index (χ3v) is 2.17. The molecule has 0 amide bonds. The standard InChI is InChI=1S/C9H13NO2/c1-2-5-10-6-3-4-8(7-10)9(11)12/h1,8H,3-7H2,(H,11,12)/t8-/m0/s1. The monoisotopic (exact) mass is 167 g/mol. The molecule has 0 spiro atoms. The summed E-state index contributed by atoms with van der Waals surface area (Å²) < 4.78 is 0. The molecule has 3 heteroatoms. The average Bonchev–Trinajstić information content (AvgIpc) is 2.05. The molecule has 1 aliphatic rings. The van der Waals surface area contributed by atoms with E-state index in [0.717, 1.165) is 19.4 Å². The van der Waals surface area contributed by atoms with Crippen LogP contribution in [-0.2, 0) is 4.79 Å². The first-order valence-electron chi connectivity index (χ1n) is 4.12. The molecule has 1 heterocycles. The third-order valence-electron chi connectivity index (χ3n) is 2.17. The van der Waals surface area contributed by atoms with Crippen molar-refractivity contribution in [2.24, 2.45) is 5.92 Å². The van der Waals surface area contributed by atoms with E-state index in [1.165, 1.54) is 0 Å². The Morgan fingerprint density at radius 1 is 1.75 bits per heavy atom. The summed E-state index contributed by atoms with van der Waals surface area (Å²) in [6, 6.07) is 0. The fraction of sp³-hybridized carbons (Fsp3) is 0.667. The van der Waals surface area contributed by atoms with Crippen LogP contribution in [0.15, 0.2) is 0 Å². The van der Waals surface area contributed by atoms with Crippen LogP contribution in [0.3, 0.4) is 0 Å². The second kappa shape index (κ2) is 4.13. The molecule has 0 unspecified atom stereocenters. The van der Waals surface area contributed by atoms with E-state index in [1.54, 1.807) is 0 Å². The van der Waals surface area contributed by atoms with E-state index in [9.17, 15) is 4.79 Å².